The fourth-order valence-corrected chi connectivity index (χ4v) is 7.37. The van der Waals surface area contributed by atoms with Gasteiger partial charge in [-0.05, 0) is 84.1 Å². The maximum absolute atomic E-state index is 14.1. The lowest BCUT2D eigenvalue weighted by Crippen LogP contribution is -2.65. The SMILES string of the molecule is CN(C)[C@@H]1C(=O)C(C(N)=O)=C(O)[C@@]2(O)C(=O)C3=C(O)c4c(O)ccc(-c5ccc(C(=O)Cl)c6ccccc56)c4C[C@H]3C[C@@H]12. The standard InChI is InChI=1S/C32H27ClN2O8/c1-35(2)25-20-12-13-11-19-17(16-7-8-18(30(33)41)15-6-4-3-5-14(15)16)9-10-21(36)23(19)26(37)22(13)28(39)32(20,43)29(40)24(27(25)38)31(34)42/h3-10,13,20,25,36-37,40,43H,11-12H2,1-2H3,(H2,34,42)/t13-,20-,25-,32-/m0/s1. The average Bonchev–Trinajstić information content (AvgIpc) is 2.94. The first kappa shape index (κ1) is 28.6. The van der Waals surface area contributed by atoms with Gasteiger partial charge in [-0.2, -0.15) is 0 Å². The summed E-state index contributed by atoms with van der Waals surface area (Å²) in [6, 6.07) is 12.4. The normalized spacial score (nSPS) is 25.1. The molecule has 0 aromatic heterocycles. The van der Waals surface area contributed by atoms with Crippen LogP contribution in [0.25, 0.3) is 27.7 Å². The highest BCUT2D eigenvalue weighted by Gasteiger charge is 2.64. The number of phenolic OH excluding ortho intramolecular Hbond substituents is 1. The third kappa shape index (κ3) is 3.87. The number of amides is 1. The van der Waals surface area contributed by atoms with Crippen molar-refractivity contribution in [3.8, 4) is 16.9 Å². The van der Waals surface area contributed by atoms with Crippen molar-refractivity contribution in [2.45, 2.75) is 24.5 Å². The van der Waals surface area contributed by atoms with E-state index < -0.39 is 63.3 Å². The van der Waals surface area contributed by atoms with E-state index in [0.717, 1.165) is 0 Å². The maximum Gasteiger partial charge on any atom is 0.255 e. The molecule has 3 aliphatic carbocycles. The predicted octanol–water partition coefficient (Wildman–Crippen LogP) is 3.16. The second-order valence-electron chi connectivity index (χ2n) is 11.4. The first-order valence-electron chi connectivity index (χ1n) is 13.5. The highest BCUT2D eigenvalue weighted by molar-refractivity contribution is 6.68. The van der Waals surface area contributed by atoms with Gasteiger partial charge in [0.25, 0.3) is 11.1 Å². The van der Waals surface area contributed by atoms with Gasteiger partial charge in [0, 0.05) is 17.1 Å². The molecule has 0 spiro atoms. The summed E-state index contributed by atoms with van der Waals surface area (Å²) in [7, 11) is 3.09. The number of rotatable bonds is 4. The number of hydrogen-bond donors (Lipinski definition) is 5. The van der Waals surface area contributed by atoms with Gasteiger partial charge >= 0.3 is 0 Å². The molecule has 11 heteroatoms. The van der Waals surface area contributed by atoms with Crippen LogP contribution in [-0.2, 0) is 20.8 Å². The molecule has 4 atom stereocenters. The summed E-state index contributed by atoms with van der Waals surface area (Å²) in [4.78, 5) is 53.1. The molecule has 0 unspecified atom stereocenters. The number of carbonyl (C=O) groups is 4. The van der Waals surface area contributed by atoms with Crippen molar-refractivity contribution < 1.29 is 39.6 Å². The van der Waals surface area contributed by atoms with Crippen molar-refractivity contribution in [1.82, 2.24) is 4.90 Å². The fraction of sp³-hybridized carbons (Fsp3) is 0.250. The Kier molecular flexibility index (Phi) is 6.50. The Hall–Kier alpha value is -4.51. The zero-order chi connectivity index (χ0) is 31.1. The Morgan fingerprint density at radius 2 is 1.63 bits per heavy atom. The van der Waals surface area contributed by atoms with E-state index >= 15 is 0 Å². The minimum Gasteiger partial charge on any atom is -0.508 e. The van der Waals surface area contributed by atoms with Crippen molar-refractivity contribution in [3.05, 3.63) is 82.1 Å². The summed E-state index contributed by atoms with van der Waals surface area (Å²) < 4.78 is 0. The number of likely N-dealkylation sites (N-methyl/N-ethyl adjacent to an activating group) is 1. The Morgan fingerprint density at radius 1 is 0.977 bits per heavy atom. The van der Waals surface area contributed by atoms with Crippen LogP contribution in [0, 0.1) is 11.8 Å². The number of ketones is 2. The van der Waals surface area contributed by atoms with Crippen molar-refractivity contribution in [1.29, 1.82) is 0 Å². The first-order chi connectivity index (χ1) is 20.3. The number of nitrogens with two attached hydrogens (primary N) is 1. The fourth-order valence-electron chi connectivity index (χ4n) is 7.20. The summed E-state index contributed by atoms with van der Waals surface area (Å²) >= 11 is 5.84. The highest BCUT2D eigenvalue weighted by atomic mass is 35.5. The molecule has 3 aliphatic rings. The molecule has 3 aromatic carbocycles. The molecule has 0 bridgehead atoms. The van der Waals surface area contributed by atoms with E-state index in [1.54, 1.807) is 50.5 Å². The molecule has 3 aromatic rings. The zero-order valence-electron chi connectivity index (χ0n) is 23.1. The van der Waals surface area contributed by atoms with Gasteiger partial charge in [-0.1, -0.05) is 36.4 Å². The molecule has 0 aliphatic heterocycles. The summed E-state index contributed by atoms with van der Waals surface area (Å²) in [6.07, 6.45) is 0.101. The monoisotopic (exact) mass is 602 g/mol. The van der Waals surface area contributed by atoms with Crippen LogP contribution < -0.4 is 5.73 Å². The van der Waals surface area contributed by atoms with Crippen molar-refractivity contribution >= 4 is 50.8 Å². The van der Waals surface area contributed by atoms with Gasteiger partial charge in [-0.25, -0.2) is 0 Å². The molecule has 10 nitrogen and oxygen atoms in total. The van der Waals surface area contributed by atoms with Gasteiger partial charge < -0.3 is 26.2 Å². The summed E-state index contributed by atoms with van der Waals surface area (Å²) in [5, 5.41) is 46.0. The molecule has 43 heavy (non-hydrogen) atoms. The number of halogens is 1. The van der Waals surface area contributed by atoms with E-state index in [0.29, 0.717) is 33.0 Å². The predicted molar refractivity (Wildman–Crippen MR) is 157 cm³/mol. The highest BCUT2D eigenvalue weighted by Crippen LogP contribution is 2.54. The van der Waals surface area contributed by atoms with Gasteiger partial charge in [0.15, 0.2) is 11.4 Å². The number of aliphatic hydroxyl groups is 3. The molecule has 1 saturated carbocycles. The first-order valence-corrected chi connectivity index (χ1v) is 13.9. The summed E-state index contributed by atoms with van der Waals surface area (Å²) in [5.74, 6) is -7.12. The van der Waals surface area contributed by atoms with E-state index in [4.69, 9.17) is 17.3 Å². The van der Waals surface area contributed by atoms with Crippen LogP contribution in [0.3, 0.4) is 0 Å². The molecule has 0 saturated heterocycles. The molecular weight excluding hydrogens is 576 g/mol. The van der Waals surface area contributed by atoms with Gasteiger partial charge in [-0.15, -0.1) is 0 Å². The number of carbonyl (C=O) groups excluding carboxylic acids is 4. The number of hydrogen-bond acceptors (Lipinski definition) is 9. The van der Waals surface area contributed by atoms with E-state index in [1.807, 2.05) is 6.07 Å². The van der Waals surface area contributed by atoms with Gasteiger partial charge in [-0.3, -0.25) is 24.1 Å². The summed E-state index contributed by atoms with van der Waals surface area (Å²) in [6.45, 7) is 0. The van der Waals surface area contributed by atoms with Crippen molar-refractivity contribution in [2.24, 2.45) is 17.6 Å². The van der Waals surface area contributed by atoms with E-state index in [9.17, 15) is 39.6 Å². The van der Waals surface area contributed by atoms with E-state index in [-0.39, 0.29) is 29.7 Å². The number of primary amides is 1. The molecule has 1 fully saturated rings. The number of nitrogens with zero attached hydrogens (tertiary/aromatic N) is 1. The molecule has 1 amide bonds. The van der Waals surface area contributed by atoms with Crippen LogP contribution in [0.5, 0.6) is 5.75 Å². The number of aromatic hydroxyl groups is 1. The summed E-state index contributed by atoms with van der Waals surface area (Å²) in [5.41, 5.74) is 3.70. The maximum atomic E-state index is 14.1. The number of benzene rings is 3. The smallest absolute Gasteiger partial charge is 0.255 e. The third-order valence-electron chi connectivity index (χ3n) is 9.03. The number of phenols is 1. The Balaban J connectivity index is 1.59. The van der Waals surface area contributed by atoms with E-state index in [1.165, 1.54) is 11.0 Å². The number of fused-ring (bicyclic) bond motifs is 4. The van der Waals surface area contributed by atoms with Crippen LogP contribution >= 0.6 is 11.6 Å². The van der Waals surface area contributed by atoms with Crippen molar-refractivity contribution in [3.63, 3.8) is 0 Å². The molecule has 0 heterocycles. The minimum atomic E-state index is -2.71. The van der Waals surface area contributed by atoms with Crippen LogP contribution in [0.1, 0.15) is 27.9 Å². The molecule has 6 rings (SSSR count). The minimum absolute atomic E-state index is 0.0182. The molecular formula is C32H27ClN2O8. The average molecular weight is 603 g/mol. The number of aliphatic hydroxyl groups excluding tert-OH is 2. The Morgan fingerprint density at radius 3 is 2.26 bits per heavy atom. The van der Waals surface area contributed by atoms with Crippen molar-refractivity contribution in [2.75, 3.05) is 14.1 Å². The van der Waals surface area contributed by atoms with Crippen LogP contribution in [0.2, 0.25) is 0 Å². The lowest BCUT2D eigenvalue weighted by molar-refractivity contribution is -0.153. The molecule has 220 valence electrons. The van der Waals surface area contributed by atoms with Crippen LogP contribution in [0.15, 0.2) is 65.4 Å². The molecule has 0 radical (unpaired) electrons. The zero-order valence-corrected chi connectivity index (χ0v) is 23.8. The van der Waals surface area contributed by atoms with Gasteiger partial charge in [0.05, 0.1) is 11.6 Å². The van der Waals surface area contributed by atoms with Crippen LogP contribution in [-0.4, -0.2) is 73.8 Å². The lowest BCUT2D eigenvalue weighted by Gasteiger charge is -2.50. The Bertz CT molecular complexity index is 1880. The van der Waals surface area contributed by atoms with E-state index in [2.05, 4.69) is 0 Å². The Labute approximate surface area is 250 Å². The third-order valence-corrected chi connectivity index (χ3v) is 9.23. The second kappa shape index (κ2) is 9.77. The van der Waals surface area contributed by atoms with Gasteiger partial charge in [0.2, 0.25) is 5.78 Å². The van der Waals surface area contributed by atoms with Crippen LogP contribution in [0.4, 0.5) is 0 Å². The quantitative estimate of drug-likeness (QED) is 0.221. The second-order valence-corrected chi connectivity index (χ2v) is 11.8. The van der Waals surface area contributed by atoms with Gasteiger partial charge in [0.1, 0.15) is 22.8 Å². The number of Topliss-reactive ketones (excluding diaryl/α,β-unsaturated/α-hetero) is 2. The largest absolute Gasteiger partial charge is 0.508 e. The molecule has 6 N–H and O–H groups in total. The lowest BCUT2D eigenvalue weighted by atomic mass is 9.57. The topological polar surface area (TPSA) is 178 Å².